The zero-order valence-electron chi connectivity index (χ0n) is 28.9. The molecule has 1 saturated heterocycles. The Morgan fingerprint density at radius 3 is 2.08 bits per heavy atom. The number of rotatable bonds is 9. The van der Waals surface area contributed by atoms with Crippen molar-refractivity contribution in [1.82, 2.24) is 19.7 Å². The standard InChI is InChI=1S/C42H46N4O3/c1-31-26-37(40(47)45-25-24-44(28-33-18-10-6-11-19-33)29-36(45)27-32-16-8-5-9-17-32)39(34-20-12-7-13-21-34)46(31)38-23-15-14-22-35(38)30-49-41(48)43-42(2,3)4/h5-23,26,36H,24-25,27-30H2,1-4H3,(H,43,48). The largest absolute Gasteiger partial charge is 0.445 e. The van der Waals surface area contributed by atoms with Crippen molar-refractivity contribution in [3.05, 3.63) is 149 Å². The molecule has 0 aliphatic carbocycles. The summed E-state index contributed by atoms with van der Waals surface area (Å²) in [6.45, 7) is 11.0. The molecule has 49 heavy (non-hydrogen) atoms. The monoisotopic (exact) mass is 654 g/mol. The van der Waals surface area contributed by atoms with E-state index in [9.17, 15) is 9.59 Å². The van der Waals surface area contributed by atoms with Gasteiger partial charge < -0.3 is 19.5 Å². The van der Waals surface area contributed by atoms with Crippen LogP contribution in [0.15, 0.2) is 121 Å². The van der Waals surface area contributed by atoms with E-state index in [4.69, 9.17) is 4.74 Å². The minimum Gasteiger partial charge on any atom is -0.445 e. The van der Waals surface area contributed by atoms with E-state index in [0.717, 1.165) is 54.3 Å². The normalized spacial score (nSPS) is 15.2. The third-order valence-electron chi connectivity index (χ3n) is 8.92. The first-order valence-corrected chi connectivity index (χ1v) is 17.1. The van der Waals surface area contributed by atoms with E-state index < -0.39 is 11.6 Å². The first-order valence-electron chi connectivity index (χ1n) is 17.1. The molecular formula is C42H46N4O3. The highest BCUT2D eigenvalue weighted by Gasteiger charge is 2.34. The summed E-state index contributed by atoms with van der Waals surface area (Å²) in [5.41, 5.74) is 7.17. The van der Waals surface area contributed by atoms with E-state index in [2.05, 4.69) is 80.3 Å². The summed E-state index contributed by atoms with van der Waals surface area (Å²) < 4.78 is 7.82. The fourth-order valence-electron chi connectivity index (χ4n) is 6.72. The molecule has 7 nitrogen and oxygen atoms in total. The highest BCUT2D eigenvalue weighted by molar-refractivity contribution is 6.01. The molecule has 1 aliphatic heterocycles. The molecule has 0 bridgehead atoms. The van der Waals surface area contributed by atoms with Crippen molar-refractivity contribution < 1.29 is 14.3 Å². The zero-order valence-corrected chi connectivity index (χ0v) is 28.9. The van der Waals surface area contributed by atoms with Crippen LogP contribution in [0.5, 0.6) is 0 Å². The Balaban J connectivity index is 1.36. The van der Waals surface area contributed by atoms with Crippen molar-refractivity contribution in [3.8, 4) is 16.9 Å². The number of hydrogen-bond donors (Lipinski definition) is 1. The summed E-state index contributed by atoms with van der Waals surface area (Å²) in [5.74, 6) is 0.0271. The van der Waals surface area contributed by atoms with E-state index >= 15 is 0 Å². The minimum absolute atomic E-state index is 0.00153. The molecule has 5 aromatic rings. The molecule has 6 rings (SSSR count). The van der Waals surface area contributed by atoms with Gasteiger partial charge in [-0.15, -0.1) is 0 Å². The van der Waals surface area contributed by atoms with Crippen molar-refractivity contribution in [2.24, 2.45) is 0 Å². The van der Waals surface area contributed by atoms with E-state index in [1.807, 2.05) is 88.4 Å². The molecular weight excluding hydrogens is 608 g/mol. The SMILES string of the molecule is Cc1cc(C(=O)N2CCN(Cc3ccccc3)CC2Cc2ccccc2)c(-c2ccccc2)n1-c1ccccc1COC(=O)NC(C)(C)C. The number of nitrogens with zero attached hydrogens (tertiary/aromatic N) is 3. The third kappa shape index (κ3) is 8.30. The van der Waals surface area contributed by atoms with Gasteiger partial charge in [0.05, 0.1) is 16.9 Å². The van der Waals surface area contributed by atoms with Gasteiger partial charge in [0.1, 0.15) is 6.61 Å². The maximum Gasteiger partial charge on any atom is 0.407 e. The van der Waals surface area contributed by atoms with Crippen LogP contribution in [0.2, 0.25) is 0 Å². The van der Waals surface area contributed by atoms with Crippen molar-refractivity contribution in [2.45, 2.75) is 58.8 Å². The van der Waals surface area contributed by atoms with Gasteiger partial charge in [-0.25, -0.2) is 4.79 Å². The highest BCUT2D eigenvalue weighted by atomic mass is 16.5. The second-order valence-corrected chi connectivity index (χ2v) is 13.9. The van der Waals surface area contributed by atoms with E-state index in [1.165, 1.54) is 11.1 Å². The molecule has 1 aliphatic rings. The van der Waals surface area contributed by atoms with Gasteiger partial charge in [0, 0.05) is 49.0 Å². The summed E-state index contributed by atoms with van der Waals surface area (Å²) in [5, 5.41) is 2.87. The van der Waals surface area contributed by atoms with Crippen molar-refractivity contribution in [3.63, 3.8) is 0 Å². The minimum atomic E-state index is -0.471. The van der Waals surface area contributed by atoms with Crippen LogP contribution in [0.25, 0.3) is 16.9 Å². The molecule has 1 fully saturated rings. The molecule has 2 heterocycles. The fraction of sp³-hybridized carbons (Fsp3) is 0.286. The Morgan fingerprint density at radius 1 is 0.796 bits per heavy atom. The van der Waals surface area contributed by atoms with Gasteiger partial charge in [-0.3, -0.25) is 9.69 Å². The molecule has 7 heteroatoms. The Morgan fingerprint density at radius 2 is 1.41 bits per heavy atom. The topological polar surface area (TPSA) is 66.8 Å². The molecule has 1 unspecified atom stereocenters. The van der Waals surface area contributed by atoms with Gasteiger partial charge in [0.2, 0.25) is 0 Å². The number of para-hydroxylation sites is 1. The molecule has 2 amide bonds. The molecule has 0 spiro atoms. The lowest BCUT2D eigenvalue weighted by atomic mass is 9.99. The lowest BCUT2D eigenvalue weighted by molar-refractivity contribution is 0.0439. The summed E-state index contributed by atoms with van der Waals surface area (Å²) in [7, 11) is 0. The average Bonchev–Trinajstić information content (AvgIpc) is 3.44. The number of ether oxygens (including phenoxy) is 1. The van der Waals surface area contributed by atoms with E-state index in [-0.39, 0.29) is 18.6 Å². The van der Waals surface area contributed by atoms with Gasteiger partial charge >= 0.3 is 6.09 Å². The Bertz CT molecular complexity index is 1860. The number of alkyl carbamates (subject to hydrolysis) is 1. The van der Waals surface area contributed by atoms with E-state index in [1.54, 1.807) is 0 Å². The summed E-state index contributed by atoms with van der Waals surface area (Å²) in [6, 6.07) is 41.0. The van der Waals surface area contributed by atoms with Crippen molar-refractivity contribution >= 4 is 12.0 Å². The first kappa shape index (κ1) is 33.7. The molecule has 1 N–H and O–H groups in total. The van der Waals surface area contributed by atoms with Crippen LogP contribution < -0.4 is 5.32 Å². The molecule has 1 atom stereocenters. The number of carbonyl (C=O) groups is 2. The molecule has 0 saturated carbocycles. The molecule has 1 aromatic heterocycles. The number of piperazine rings is 1. The lowest BCUT2D eigenvalue weighted by Gasteiger charge is -2.42. The number of nitrogens with one attached hydrogen (secondary N) is 1. The summed E-state index contributed by atoms with van der Waals surface area (Å²) in [6.07, 6.45) is 0.302. The number of amides is 2. The smallest absolute Gasteiger partial charge is 0.407 e. The van der Waals surface area contributed by atoms with E-state index in [0.29, 0.717) is 12.1 Å². The summed E-state index contributed by atoms with van der Waals surface area (Å²) in [4.78, 5) is 32.1. The van der Waals surface area contributed by atoms with Crippen molar-refractivity contribution in [2.75, 3.05) is 19.6 Å². The fourth-order valence-corrected chi connectivity index (χ4v) is 6.72. The van der Waals surface area contributed by atoms with Crippen LogP contribution in [0.4, 0.5) is 4.79 Å². The van der Waals surface area contributed by atoms with Crippen LogP contribution >= 0.6 is 0 Å². The number of aromatic nitrogens is 1. The number of benzene rings is 4. The van der Waals surface area contributed by atoms with Crippen molar-refractivity contribution in [1.29, 1.82) is 0 Å². The van der Waals surface area contributed by atoms with Crippen LogP contribution in [-0.2, 0) is 24.3 Å². The number of hydrogen-bond acceptors (Lipinski definition) is 4. The van der Waals surface area contributed by atoms with Crippen LogP contribution in [0, 0.1) is 6.92 Å². The average molecular weight is 655 g/mol. The van der Waals surface area contributed by atoms with Crippen LogP contribution in [-0.4, -0.2) is 57.6 Å². The third-order valence-corrected chi connectivity index (χ3v) is 8.92. The maximum absolute atomic E-state index is 14.9. The predicted octanol–water partition coefficient (Wildman–Crippen LogP) is 8.05. The maximum atomic E-state index is 14.9. The van der Waals surface area contributed by atoms with Gasteiger partial charge in [-0.05, 0) is 62.9 Å². The Hall–Kier alpha value is -5.14. The zero-order chi connectivity index (χ0) is 34.4. The van der Waals surface area contributed by atoms with Crippen LogP contribution in [0.1, 0.15) is 53.5 Å². The van der Waals surface area contributed by atoms with Gasteiger partial charge in [0.15, 0.2) is 0 Å². The summed E-state index contributed by atoms with van der Waals surface area (Å²) >= 11 is 0. The second-order valence-electron chi connectivity index (χ2n) is 13.9. The molecule has 4 aromatic carbocycles. The molecule has 252 valence electrons. The highest BCUT2D eigenvalue weighted by Crippen LogP contribution is 2.34. The molecule has 0 radical (unpaired) electrons. The van der Waals surface area contributed by atoms with Gasteiger partial charge in [-0.2, -0.15) is 0 Å². The quantitative estimate of drug-likeness (QED) is 0.175. The first-order chi connectivity index (χ1) is 23.7. The second kappa shape index (κ2) is 15.0. The number of carbonyl (C=O) groups excluding carboxylic acids is 2. The Kier molecular flexibility index (Phi) is 10.3. The van der Waals surface area contributed by atoms with Gasteiger partial charge in [-0.1, -0.05) is 109 Å². The Labute approximate surface area is 290 Å². The van der Waals surface area contributed by atoms with Crippen LogP contribution in [0.3, 0.4) is 0 Å². The van der Waals surface area contributed by atoms with Gasteiger partial charge in [0.25, 0.3) is 5.91 Å². The number of aryl methyl sites for hydroxylation is 1. The lowest BCUT2D eigenvalue weighted by Crippen LogP contribution is -2.55. The predicted molar refractivity (Wildman–Crippen MR) is 196 cm³/mol.